The van der Waals surface area contributed by atoms with Gasteiger partial charge in [-0.05, 0) is 31.0 Å². The van der Waals surface area contributed by atoms with Crippen molar-refractivity contribution in [3.05, 3.63) is 40.7 Å². The summed E-state index contributed by atoms with van der Waals surface area (Å²) in [6, 6.07) is 5.48. The fourth-order valence-electron chi connectivity index (χ4n) is 2.05. The molecule has 2 aromatic heterocycles. The minimum atomic E-state index is -0.212. The van der Waals surface area contributed by atoms with Crippen molar-refractivity contribution in [1.29, 1.82) is 0 Å². The van der Waals surface area contributed by atoms with Crippen molar-refractivity contribution in [1.82, 2.24) is 9.97 Å². The Bertz CT molecular complexity index is 775. The summed E-state index contributed by atoms with van der Waals surface area (Å²) in [6.45, 7) is 0. The molecule has 5 nitrogen and oxygen atoms in total. The Morgan fingerprint density at radius 2 is 2.30 bits per heavy atom. The average molecular weight is 285 g/mol. The van der Waals surface area contributed by atoms with E-state index in [2.05, 4.69) is 15.3 Å². The van der Waals surface area contributed by atoms with E-state index in [1.807, 2.05) is 18.2 Å². The van der Waals surface area contributed by atoms with E-state index < -0.39 is 0 Å². The van der Waals surface area contributed by atoms with Gasteiger partial charge in [-0.2, -0.15) is 0 Å². The zero-order valence-electron chi connectivity index (χ0n) is 10.5. The van der Waals surface area contributed by atoms with Gasteiger partial charge in [0, 0.05) is 17.0 Å². The van der Waals surface area contributed by atoms with Crippen LogP contribution in [-0.2, 0) is 0 Å². The SMILES string of the molecule is O=C(Nc1ccc2oc(C3CC3)nc2c1)c1cscn1. The molecule has 0 unspecified atom stereocenters. The van der Waals surface area contributed by atoms with E-state index in [1.54, 1.807) is 10.9 Å². The summed E-state index contributed by atoms with van der Waals surface area (Å²) in [5.41, 5.74) is 4.30. The number of nitrogens with zero attached hydrogens (tertiary/aromatic N) is 2. The molecular formula is C14H11N3O2S. The average Bonchev–Trinajstić information content (AvgIpc) is 3.00. The molecule has 1 amide bonds. The summed E-state index contributed by atoms with van der Waals surface area (Å²) in [7, 11) is 0. The van der Waals surface area contributed by atoms with Crippen LogP contribution in [0.25, 0.3) is 11.1 Å². The molecule has 100 valence electrons. The number of rotatable bonds is 3. The van der Waals surface area contributed by atoms with Gasteiger partial charge >= 0.3 is 0 Å². The molecule has 0 radical (unpaired) electrons. The van der Waals surface area contributed by atoms with Crippen LogP contribution in [0.5, 0.6) is 0 Å². The molecule has 1 fully saturated rings. The first-order valence-corrected chi connectivity index (χ1v) is 7.34. The maximum absolute atomic E-state index is 11.9. The summed E-state index contributed by atoms with van der Waals surface area (Å²) in [5, 5.41) is 4.53. The maximum atomic E-state index is 11.9. The zero-order valence-corrected chi connectivity index (χ0v) is 11.3. The molecule has 0 aliphatic heterocycles. The molecule has 1 aliphatic carbocycles. The number of anilines is 1. The number of carbonyl (C=O) groups is 1. The third-order valence-corrected chi connectivity index (χ3v) is 3.84. The number of oxazole rings is 1. The topological polar surface area (TPSA) is 68.0 Å². The van der Waals surface area contributed by atoms with Gasteiger partial charge < -0.3 is 9.73 Å². The number of hydrogen-bond acceptors (Lipinski definition) is 5. The van der Waals surface area contributed by atoms with Crippen molar-refractivity contribution in [3.8, 4) is 0 Å². The minimum Gasteiger partial charge on any atom is -0.440 e. The maximum Gasteiger partial charge on any atom is 0.275 e. The highest BCUT2D eigenvalue weighted by Crippen LogP contribution is 2.40. The van der Waals surface area contributed by atoms with E-state index in [1.165, 1.54) is 11.3 Å². The first-order valence-electron chi connectivity index (χ1n) is 6.39. The number of hydrogen-bond donors (Lipinski definition) is 1. The van der Waals surface area contributed by atoms with Gasteiger partial charge in [0.25, 0.3) is 5.91 Å². The van der Waals surface area contributed by atoms with Crippen molar-refractivity contribution < 1.29 is 9.21 Å². The molecule has 0 atom stereocenters. The van der Waals surface area contributed by atoms with Gasteiger partial charge in [-0.1, -0.05) is 0 Å². The first-order chi connectivity index (χ1) is 9.79. The number of fused-ring (bicyclic) bond motifs is 1. The summed E-state index contributed by atoms with van der Waals surface area (Å²) in [4.78, 5) is 20.4. The lowest BCUT2D eigenvalue weighted by Gasteiger charge is -2.02. The standard InChI is InChI=1S/C14H11N3O2S/c18-13(11-6-20-7-15-11)16-9-3-4-12-10(5-9)17-14(19-12)8-1-2-8/h3-8H,1-2H2,(H,16,18). The monoisotopic (exact) mass is 285 g/mol. The van der Waals surface area contributed by atoms with Gasteiger partial charge in [0.05, 0.1) is 5.51 Å². The molecule has 6 heteroatoms. The van der Waals surface area contributed by atoms with Crippen molar-refractivity contribution in [2.45, 2.75) is 18.8 Å². The van der Waals surface area contributed by atoms with Crippen LogP contribution in [-0.4, -0.2) is 15.9 Å². The number of thiazole rings is 1. The zero-order chi connectivity index (χ0) is 13.5. The fraction of sp³-hybridized carbons (Fsp3) is 0.214. The number of aromatic nitrogens is 2. The number of benzene rings is 1. The number of carbonyl (C=O) groups excluding carboxylic acids is 1. The predicted molar refractivity (Wildman–Crippen MR) is 76.1 cm³/mol. The lowest BCUT2D eigenvalue weighted by Crippen LogP contribution is -2.11. The molecular weight excluding hydrogens is 274 g/mol. The van der Waals surface area contributed by atoms with Crippen LogP contribution in [0.4, 0.5) is 5.69 Å². The Morgan fingerprint density at radius 1 is 1.40 bits per heavy atom. The van der Waals surface area contributed by atoms with Crippen LogP contribution >= 0.6 is 11.3 Å². The highest BCUT2D eigenvalue weighted by atomic mass is 32.1. The highest BCUT2D eigenvalue weighted by Gasteiger charge is 2.28. The fourth-order valence-corrected chi connectivity index (χ4v) is 2.58. The molecule has 0 bridgehead atoms. The molecule has 3 aromatic rings. The molecule has 4 rings (SSSR count). The Hall–Kier alpha value is -2.21. The third kappa shape index (κ3) is 2.08. The number of amides is 1. The molecule has 0 saturated heterocycles. The molecule has 2 heterocycles. The third-order valence-electron chi connectivity index (χ3n) is 3.25. The Kier molecular flexibility index (Phi) is 2.56. The van der Waals surface area contributed by atoms with Gasteiger partial charge in [0.2, 0.25) is 0 Å². The second-order valence-corrected chi connectivity index (χ2v) is 5.56. The van der Waals surface area contributed by atoms with E-state index in [9.17, 15) is 4.79 Å². The molecule has 20 heavy (non-hydrogen) atoms. The Labute approximate surface area is 118 Å². The number of nitrogens with one attached hydrogen (secondary N) is 1. The molecule has 1 N–H and O–H groups in total. The van der Waals surface area contributed by atoms with E-state index in [0.717, 1.165) is 29.8 Å². The lowest BCUT2D eigenvalue weighted by atomic mass is 10.3. The van der Waals surface area contributed by atoms with Crippen molar-refractivity contribution in [2.75, 3.05) is 5.32 Å². The molecule has 1 aliphatic rings. The van der Waals surface area contributed by atoms with Gasteiger partial charge in [0.1, 0.15) is 11.2 Å². The summed E-state index contributed by atoms with van der Waals surface area (Å²) in [6.07, 6.45) is 2.31. The van der Waals surface area contributed by atoms with Crippen LogP contribution in [0.15, 0.2) is 33.5 Å². The largest absolute Gasteiger partial charge is 0.440 e. The predicted octanol–water partition coefficient (Wildman–Crippen LogP) is 3.41. The van der Waals surface area contributed by atoms with Gasteiger partial charge in [-0.3, -0.25) is 4.79 Å². The first kappa shape index (κ1) is 11.6. The van der Waals surface area contributed by atoms with Crippen LogP contribution in [0.2, 0.25) is 0 Å². The van der Waals surface area contributed by atoms with Gasteiger partial charge in [0.15, 0.2) is 11.5 Å². The van der Waals surface area contributed by atoms with Crippen LogP contribution in [0.1, 0.15) is 35.1 Å². The van der Waals surface area contributed by atoms with Gasteiger partial charge in [-0.15, -0.1) is 11.3 Å². The van der Waals surface area contributed by atoms with E-state index >= 15 is 0 Å². The van der Waals surface area contributed by atoms with Crippen molar-refractivity contribution in [3.63, 3.8) is 0 Å². The summed E-state index contributed by atoms with van der Waals surface area (Å²) in [5.74, 6) is 1.08. The lowest BCUT2D eigenvalue weighted by molar-refractivity contribution is 0.102. The van der Waals surface area contributed by atoms with Crippen LogP contribution in [0.3, 0.4) is 0 Å². The van der Waals surface area contributed by atoms with E-state index in [0.29, 0.717) is 17.3 Å². The highest BCUT2D eigenvalue weighted by molar-refractivity contribution is 7.07. The second kappa shape index (κ2) is 4.42. The minimum absolute atomic E-state index is 0.212. The van der Waals surface area contributed by atoms with Crippen LogP contribution in [0, 0.1) is 0 Å². The molecule has 0 spiro atoms. The molecule has 1 saturated carbocycles. The quantitative estimate of drug-likeness (QED) is 0.800. The summed E-state index contributed by atoms with van der Waals surface area (Å²) >= 11 is 1.40. The van der Waals surface area contributed by atoms with Crippen LogP contribution < -0.4 is 5.32 Å². The Morgan fingerprint density at radius 3 is 3.05 bits per heavy atom. The smallest absolute Gasteiger partial charge is 0.275 e. The normalized spacial score (nSPS) is 14.6. The van der Waals surface area contributed by atoms with E-state index in [-0.39, 0.29) is 5.91 Å². The Balaban J connectivity index is 1.61. The summed E-state index contributed by atoms with van der Waals surface area (Å²) < 4.78 is 5.69. The molecule has 1 aromatic carbocycles. The van der Waals surface area contributed by atoms with Crippen molar-refractivity contribution >= 4 is 34.0 Å². The van der Waals surface area contributed by atoms with E-state index in [4.69, 9.17) is 4.42 Å². The second-order valence-electron chi connectivity index (χ2n) is 4.84. The van der Waals surface area contributed by atoms with Crippen molar-refractivity contribution in [2.24, 2.45) is 0 Å². The van der Waals surface area contributed by atoms with Gasteiger partial charge in [-0.25, -0.2) is 9.97 Å².